The van der Waals surface area contributed by atoms with E-state index in [1.807, 2.05) is 0 Å². The average molecular weight is 281 g/mol. The van der Waals surface area contributed by atoms with Crippen molar-refractivity contribution < 1.29 is 0 Å². The van der Waals surface area contributed by atoms with Gasteiger partial charge in [0.05, 0.1) is 5.52 Å². The number of hydrogen-bond acceptors (Lipinski definition) is 3. The summed E-state index contributed by atoms with van der Waals surface area (Å²) in [6.45, 7) is 4.44. The van der Waals surface area contributed by atoms with E-state index in [-0.39, 0.29) is 0 Å². The summed E-state index contributed by atoms with van der Waals surface area (Å²) >= 11 is 0. The molecule has 1 N–H and O–H groups in total. The van der Waals surface area contributed by atoms with Gasteiger partial charge in [-0.25, -0.2) is 4.98 Å². The average Bonchev–Trinajstić information content (AvgIpc) is 3.21. The van der Waals surface area contributed by atoms with E-state index in [1.165, 1.54) is 42.5 Å². The van der Waals surface area contributed by atoms with Crippen LogP contribution in [0.4, 0.5) is 5.82 Å². The molecule has 2 aliphatic rings. The smallest absolute Gasteiger partial charge is 0.132 e. The van der Waals surface area contributed by atoms with Gasteiger partial charge < -0.3 is 10.2 Å². The molecule has 0 bridgehead atoms. The number of anilines is 1. The first-order valence-electron chi connectivity index (χ1n) is 8.18. The fourth-order valence-electron chi connectivity index (χ4n) is 3.42. The normalized spacial score (nSPS) is 22.1. The number of rotatable bonds is 4. The first-order chi connectivity index (χ1) is 10.3. The highest BCUT2D eigenvalue weighted by atomic mass is 15.2. The van der Waals surface area contributed by atoms with Gasteiger partial charge in [0, 0.05) is 30.6 Å². The lowest BCUT2D eigenvalue weighted by Gasteiger charge is -2.27. The van der Waals surface area contributed by atoms with Crippen molar-refractivity contribution in [2.24, 2.45) is 0 Å². The Labute approximate surface area is 126 Å². The van der Waals surface area contributed by atoms with Crippen molar-refractivity contribution in [1.82, 2.24) is 10.3 Å². The molecule has 3 nitrogen and oxygen atoms in total. The van der Waals surface area contributed by atoms with Crippen molar-refractivity contribution in [2.75, 3.05) is 18.0 Å². The first-order valence-corrected chi connectivity index (χ1v) is 8.18. The molecule has 2 heterocycles. The maximum Gasteiger partial charge on any atom is 0.132 e. The van der Waals surface area contributed by atoms with E-state index < -0.39 is 0 Å². The molecule has 0 radical (unpaired) electrons. The minimum absolute atomic E-state index is 0.609. The molecule has 4 rings (SSSR count). The number of aryl methyl sites for hydroxylation is 1. The Balaban J connectivity index is 1.62. The van der Waals surface area contributed by atoms with Crippen LogP contribution in [0.15, 0.2) is 30.3 Å². The summed E-state index contributed by atoms with van der Waals surface area (Å²) in [7, 11) is 0. The van der Waals surface area contributed by atoms with Crippen molar-refractivity contribution in [1.29, 1.82) is 0 Å². The van der Waals surface area contributed by atoms with E-state index in [2.05, 4.69) is 47.5 Å². The third-order valence-electron chi connectivity index (χ3n) is 4.76. The zero-order valence-corrected chi connectivity index (χ0v) is 12.7. The lowest BCUT2D eigenvalue weighted by atomic mass is 10.1. The third-order valence-corrected chi connectivity index (χ3v) is 4.76. The predicted octanol–water partition coefficient (Wildman–Crippen LogP) is 3.26. The Hall–Kier alpha value is -1.61. The number of pyridine rings is 1. The van der Waals surface area contributed by atoms with Gasteiger partial charge >= 0.3 is 0 Å². The summed E-state index contributed by atoms with van der Waals surface area (Å²) in [5.41, 5.74) is 2.41. The molecular formula is C18H23N3. The molecule has 110 valence electrons. The fraction of sp³-hybridized carbons (Fsp3) is 0.500. The van der Waals surface area contributed by atoms with Crippen LogP contribution in [-0.4, -0.2) is 30.2 Å². The minimum atomic E-state index is 0.609. The van der Waals surface area contributed by atoms with Crippen LogP contribution in [0.2, 0.25) is 0 Å². The van der Waals surface area contributed by atoms with Crippen LogP contribution in [0.25, 0.3) is 10.9 Å². The number of para-hydroxylation sites is 1. The van der Waals surface area contributed by atoms with Gasteiger partial charge in [0.2, 0.25) is 0 Å². The molecule has 21 heavy (non-hydrogen) atoms. The molecule has 1 saturated carbocycles. The molecular weight excluding hydrogens is 258 g/mol. The SMILES string of the molecule is Cc1cc2ccccc2nc1N1CCCC1CNC1CC1. The molecule has 0 amide bonds. The highest BCUT2D eigenvalue weighted by molar-refractivity contribution is 5.81. The van der Waals surface area contributed by atoms with Gasteiger partial charge in [-0.2, -0.15) is 0 Å². The van der Waals surface area contributed by atoms with Crippen LogP contribution in [0, 0.1) is 6.92 Å². The summed E-state index contributed by atoms with van der Waals surface area (Å²) in [6.07, 6.45) is 5.29. The Morgan fingerprint density at radius 2 is 2.10 bits per heavy atom. The zero-order valence-electron chi connectivity index (χ0n) is 12.7. The number of fused-ring (bicyclic) bond motifs is 1. The van der Waals surface area contributed by atoms with Crippen LogP contribution in [0.5, 0.6) is 0 Å². The number of nitrogens with one attached hydrogen (secondary N) is 1. The largest absolute Gasteiger partial charge is 0.352 e. The second kappa shape index (κ2) is 5.30. The van der Waals surface area contributed by atoms with Gasteiger partial charge in [0.25, 0.3) is 0 Å². The highest BCUT2D eigenvalue weighted by Crippen LogP contribution is 2.29. The summed E-state index contributed by atoms with van der Waals surface area (Å²) in [5, 5.41) is 4.93. The topological polar surface area (TPSA) is 28.2 Å². The lowest BCUT2D eigenvalue weighted by Crippen LogP contribution is -2.39. The molecule has 1 unspecified atom stereocenters. The van der Waals surface area contributed by atoms with Gasteiger partial charge in [-0.3, -0.25) is 0 Å². The molecule has 2 aromatic rings. The van der Waals surface area contributed by atoms with Crippen molar-refractivity contribution in [2.45, 2.75) is 44.7 Å². The Bertz CT molecular complexity index is 648. The Kier molecular flexibility index (Phi) is 3.30. The fourth-order valence-corrected chi connectivity index (χ4v) is 3.42. The van der Waals surface area contributed by atoms with Gasteiger partial charge in [-0.1, -0.05) is 18.2 Å². The molecule has 3 heteroatoms. The van der Waals surface area contributed by atoms with Crippen LogP contribution in [0.3, 0.4) is 0 Å². The highest BCUT2D eigenvalue weighted by Gasteiger charge is 2.29. The molecule has 1 aromatic heterocycles. The summed E-state index contributed by atoms with van der Waals surface area (Å²) in [5.74, 6) is 1.19. The molecule has 1 aliphatic carbocycles. The van der Waals surface area contributed by atoms with Crippen LogP contribution >= 0.6 is 0 Å². The lowest BCUT2D eigenvalue weighted by molar-refractivity contribution is 0.568. The molecule has 1 aliphatic heterocycles. The second-order valence-electron chi connectivity index (χ2n) is 6.49. The van der Waals surface area contributed by atoms with Crippen LogP contribution in [-0.2, 0) is 0 Å². The van der Waals surface area contributed by atoms with Crippen LogP contribution in [0.1, 0.15) is 31.2 Å². The number of aromatic nitrogens is 1. The van der Waals surface area contributed by atoms with Gasteiger partial charge in [-0.05, 0) is 50.3 Å². The van der Waals surface area contributed by atoms with Crippen molar-refractivity contribution >= 4 is 16.7 Å². The molecule has 1 saturated heterocycles. The summed E-state index contributed by atoms with van der Waals surface area (Å²) < 4.78 is 0. The maximum atomic E-state index is 4.95. The van der Waals surface area contributed by atoms with Crippen molar-refractivity contribution in [3.8, 4) is 0 Å². The molecule has 0 spiro atoms. The summed E-state index contributed by atoms with van der Waals surface area (Å²) in [4.78, 5) is 7.47. The van der Waals surface area contributed by atoms with Gasteiger partial charge in [0.15, 0.2) is 0 Å². The molecule has 1 aromatic carbocycles. The summed E-state index contributed by atoms with van der Waals surface area (Å²) in [6, 6.07) is 12.1. The number of benzene rings is 1. The van der Waals surface area contributed by atoms with E-state index in [0.29, 0.717) is 6.04 Å². The van der Waals surface area contributed by atoms with Crippen molar-refractivity contribution in [3.05, 3.63) is 35.9 Å². The Morgan fingerprint density at radius 1 is 1.24 bits per heavy atom. The third kappa shape index (κ3) is 2.62. The predicted molar refractivity (Wildman–Crippen MR) is 87.9 cm³/mol. The van der Waals surface area contributed by atoms with Gasteiger partial charge in [0.1, 0.15) is 5.82 Å². The van der Waals surface area contributed by atoms with E-state index in [4.69, 9.17) is 4.98 Å². The standard InChI is InChI=1S/C18H23N3/c1-13-11-14-5-2-3-7-17(14)20-18(13)21-10-4-6-16(21)12-19-15-8-9-15/h2-3,5,7,11,15-16,19H,4,6,8-10,12H2,1H3. The molecule has 2 fully saturated rings. The van der Waals surface area contributed by atoms with Gasteiger partial charge in [-0.15, -0.1) is 0 Å². The first kappa shape index (κ1) is 13.1. The van der Waals surface area contributed by atoms with E-state index in [1.54, 1.807) is 0 Å². The minimum Gasteiger partial charge on any atom is -0.352 e. The van der Waals surface area contributed by atoms with Crippen LogP contribution < -0.4 is 10.2 Å². The van der Waals surface area contributed by atoms with E-state index in [9.17, 15) is 0 Å². The molecule has 1 atom stereocenters. The van der Waals surface area contributed by atoms with Crippen molar-refractivity contribution in [3.63, 3.8) is 0 Å². The second-order valence-corrected chi connectivity index (χ2v) is 6.49. The Morgan fingerprint density at radius 3 is 2.95 bits per heavy atom. The quantitative estimate of drug-likeness (QED) is 0.932. The zero-order chi connectivity index (χ0) is 14.2. The number of nitrogens with zero attached hydrogens (tertiary/aromatic N) is 2. The maximum absolute atomic E-state index is 4.95. The van der Waals surface area contributed by atoms with E-state index in [0.717, 1.165) is 24.6 Å². The number of hydrogen-bond donors (Lipinski definition) is 1. The van der Waals surface area contributed by atoms with E-state index >= 15 is 0 Å². The monoisotopic (exact) mass is 281 g/mol.